The summed E-state index contributed by atoms with van der Waals surface area (Å²) in [5, 5.41) is 6.26. The predicted octanol–water partition coefficient (Wildman–Crippen LogP) is 1.31. The van der Waals surface area contributed by atoms with E-state index in [4.69, 9.17) is 4.74 Å². The third-order valence-corrected chi connectivity index (χ3v) is 3.35. The van der Waals surface area contributed by atoms with E-state index in [1.165, 1.54) is 0 Å². The zero-order valence-electron chi connectivity index (χ0n) is 11.3. The molecule has 1 fully saturated rings. The fourth-order valence-corrected chi connectivity index (χ4v) is 2.39. The Morgan fingerprint density at radius 1 is 1.47 bits per heavy atom. The minimum atomic E-state index is 0.139. The van der Waals surface area contributed by atoms with E-state index in [1.807, 2.05) is 6.92 Å². The number of nitrogens with one attached hydrogen (secondary N) is 2. The highest BCUT2D eigenvalue weighted by Crippen LogP contribution is 2.22. The number of carbonyl (C=O) groups excluding carboxylic acids is 1. The average Bonchev–Trinajstić information content (AvgIpc) is 2.73. The molecule has 4 nitrogen and oxygen atoms in total. The first kappa shape index (κ1) is 14.5. The van der Waals surface area contributed by atoms with E-state index >= 15 is 0 Å². The largest absolute Gasteiger partial charge is 0.378 e. The fraction of sp³-hybridized carbons (Fsp3) is 0.923. The second kappa shape index (κ2) is 7.67. The molecule has 0 aromatic carbocycles. The van der Waals surface area contributed by atoms with Crippen LogP contribution >= 0.6 is 0 Å². The molecular formula is C13H26N2O2. The van der Waals surface area contributed by atoms with Crippen LogP contribution in [0.2, 0.25) is 0 Å². The number of hydrogen-bond donors (Lipinski definition) is 2. The molecule has 1 heterocycles. The number of ether oxygens (including phenoxy) is 1. The van der Waals surface area contributed by atoms with Gasteiger partial charge in [0.1, 0.15) is 0 Å². The molecule has 0 bridgehead atoms. The van der Waals surface area contributed by atoms with E-state index in [9.17, 15) is 4.79 Å². The third kappa shape index (κ3) is 5.04. The van der Waals surface area contributed by atoms with Crippen molar-refractivity contribution in [3.8, 4) is 0 Å². The van der Waals surface area contributed by atoms with Crippen LogP contribution in [-0.4, -0.2) is 37.7 Å². The Morgan fingerprint density at radius 3 is 2.88 bits per heavy atom. The fourth-order valence-electron chi connectivity index (χ4n) is 2.39. The summed E-state index contributed by atoms with van der Waals surface area (Å²) in [4.78, 5) is 11.7. The van der Waals surface area contributed by atoms with Crippen LogP contribution in [0.5, 0.6) is 0 Å². The SMILES string of the molecule is CCNC(C)CC(=O)NCC1CCOC1CC. The summed E-state index contributed by atoms with van der Waals surface area (Å²) in [5.74, 6) is 0.638. The van der Waals surface area contributed by atoms with Gasteiger partial charge in [-0.2, -0.15) is 0 Å². The van der Waals surface area contributed by atoms with Crippen LogP contribution in [-0.2, 0) is 9.53 Å². The van der Waals surface area contributed by atoms with Crippen LogP contribution < -0.4 is 10.6 Å². The first-order chi connectivity index (χ1) is 8.17. The van der Waals surface area contributed by atoms with Gasteiger partial charge in [0, 0.05) is 31.5 Å². The zero-order valence-corrected chi connectivity index (χ0v) is 11.3. The minimum absolute atomic E-state index is 0.139. The number of rotatable bonds is 7. The Kier molecular flexibility index (Phi) is 6.52. The van der Waals surface area contributed by atoms with Gasteiger partial charge in [0.2, 0.25) is 5.91 Å². The molecule has 1 rings (SSSR count). The van der Waals surface area contributed by atoms with Gasteiger partial charge in [0.15, 0.2) is 0 Å². The van der Waals surface area contributed by atoms with E-state index < -0.39 is 0 Å². The molecule has 0 aliphatic carbocycles. The molecule has 1 aliphatic heterocycles. The predicted molar refractivity (Wildman–Crippen MR) is 68.9 cm³/mol. The second-order valence-electron chi connectivity index (χ2n) is 4.83. The topological polar surface area (TPSA) is 50.4 Å². The van der Waals surface area contributed by atoms with Crippen LogP contribution in [0.4, 0.5) is 0 Å². The second-order valence-corrected chi connectivity index (χ2v) is 4.83. The standard InChI is InChI=1S/C13H26N2O2/c1-4-12-11(6-7-17-12)9-15-13(16)8-10(3)14-5-2/h10-12,14H,4-9H2,1-3H3,(H,15,16). The number of carbonyl (C=O) groups is 1. The van der Waals surface area contributed by atoms with Crippen molar-refractivity contribution in [2.24, 2.45) is 5.92 Å². The normalized spacial score (nSPS) is 25.8. The van der Waals surface area contributed by atoms with Crippen LogP contribution in [0.1, 0.15) is 40.0 Å². The van der Waals surface area contributed by atoms with Gasteiger partial charge in [-0.1, -0.05) is 13.8 Å². The van der Waals surface area contributed by atoms with E-state index in [-0.39, 0.29) is 11.9 Å². The highest BCUT2D eigenvalue weighted by atomic mass is 16.5. The highest BCUT2D eigenvalue weighted by molar-refractivity contribution is 5.76. The van der Waals surface area contributed by atoms with Gasteiger partial charge in [-0.25, -0.2) is 0 Å². The van der Waals surface area contributed by atoms with Gasteiger partial charge in [-0.15, -0.1) is 0 Å². The molecule has 1 saturated heterocycles. The van der Waals surface area contributed by atoms with Crippen molar-refractivity contribution in [2.45, 2.75) is 52.2 Å². The van der Waals surface area contributed by atoms with E-state index in [0.29, 0.717) is 18.4 Å². The lowest BCUT2D eigenvalue weighted by Gasteiger charge is -2.18. The van der Waals surface area contributed by atoms with Crippen molar-refractivity contribution in [3.05, 3.63) is 0 Å². The van der Waals surface area contributed by atoms with Crippen molar-refractivity contribution in [1.82, 2.24) is 10.6 Å². The Bertz CT molecular complexity index is 233. The Hall–Kier alpha value is -0.610. The van der Waals surface area contributed by atoms with E-state index in [0.717, 1.165) is 32.5 Å². The van der Waals surface area contributed by atoms with E-state index in [2.05, 4.69) is 24.5 Å². The van der Waals surface area contributed by atoms with Crippen LogP contribution in [0.15, 0.2) is 0 Å². The molecular weight excluding hydrogens is 216 g/mol. The van der Waals surface area contributed by atoms with E-state index in [1.54, 1.807) is 0 Å². The molecule has 0 saturated carbocycles. The first-order valence-corrected chi connectivity index (χ1v) is 6.79. The van der Waals surface area contributed by atoms with Crippen molar-refractivity contribution < 1.29 is 9.53 Å². The zero-order chi connectivity index (χ0) is 12.7. The molecule has 1 amide bonds. The Balaban J connectivity index is 2.19. The summed E-state index contributed by atoms with van der Waals surface area (Å²) >= 11 is 0. The summed E-state index contributed by atoms with van der Waals surface area (Å²) in [6.45, 7) is 8.73. The van der Waals surface area contributed by atoms with Crippen LogP contribution in [0.3, 0.4) is 0 Å². The van der Waals surface area contributed by atoms with Crippen molar-refractivity contribution >= 4 is 5.91 Å². The molecule has 4 heteroatoms. The lowest BCUT2D eigenvalue weighted by Crippen LogP contribution is -2.37. The highest BCUT2D eigenvalue weighted by Gasteiger charge is 2.26. The minimum Gasteiger partial charge on any atom is -0.378 e. The average molecular weight is 242 g/mol. The van der Waals surface area contributed by atoms with Crippen molar-refractivity contribution in [1.29, 1.82) is 0 Å². The van der Waals surface area contributed by atoms with Gasteiger partial charge >= 0.3 is 0 Å². The Morgan fingerprint density at radius 2 is 2.24 bits per heavy atom. The molecule has 0 spiro atoms. The molecule has 3 unspecified atom stereocenters. The monoisotopic (exact) mass is 242 g/mol. The first-order valence-electron chi connectivity index (χ1n) is 6.79. The third-order valence-electron chi connectivity index (χ3n) is 3.35. The maximum absolute atomic E-state index is 11.7. The maximum atomic E-state index is 11.7. The lowest BCUT2D eigenvalue weighted by molar-refractivity contribution is -0.121. The molecule has 100 valence electrons. The van der Waals surface area contributed by atoms with Gasteiger partial charge in [-0.3, -0.25) is 4.79 Å². The molecule has 17 heavy (non-hydrogen) atoms. The summed E-state index contributed by atoms with van der Waals surface area (Å²) in [7, 11) is 0. The van der Waals surface area contributed by atoms with Gasteiger partial charge < -0.3 is 15.4 Å². The molecule has 1 aliphatic rings. The molecule has 0 aromatic heterocycles. The number of hydrogen-bond acceptors (Lipinski definition) is 3. The van der Waals surface area contributed by atoms with Crippen molar-refractivity contribution in [2.75, 3.05) is 19.7 Å². The maximum Gasteiger partial charge on any atom is 0.221 e. The molecule has 2 N–H and O–H groups in total. The molecule has 0 aromatic rings. The number of amides is 1. The summed E-state index contributed by atoms with van der Waals surface area (Å²) < 4.78 is 5.60. The summed E-state index contributed by atoms with van der Waals surface area (Å²) in [5.41, 5.74) is 0. The van der Waals surface area contributed by atoms with Gasteiger partial charge in [-0.05, 0) is 26.3 Å². The Labute approximate surface area is 104 Å². The summed E-state index contributed by atoms with van der Waals surface area (Å²) in [6.07, 6.45) is 3.00. The van der Waals surface area contributed by atoms with Crippen LogP contribution in [0.25, 0.3) is 0 Å². The molecule has 3 atom stereocenters. The lowest BCUT2D eigenvalue weighted by atomic mass is 9.99. The van der Waals surface area contributed by atoms with Crippen molar-refractivity contribution in [3.63, 3.8) is 0 Å². The summed E-state index contributed by atoms with van der Waals surface area (Å²) in [6, 6.07) is 0.252. The quantitative estimate of drug-likeness (QED) is 0.707. The van der Waals surface area contributed by atoms with Gasteiger partial charge in [0.25, 0.3) is 0 Å². The molecule has 0 radical (unpaired) electrons. The van der Waals surface area contributed by atoms with Crippen LogP contribution in [0, 0.1) is 5.92 Å². The van der Waals surface area contributed by atoms with Gasteiger partial charge in [0.05, 0.1) is 6.10 Å². The smallest absolute Gasteiger partial charge is 0.221 e.